The van der Waals surface area contributed by atoms with Gasteiger partial charge in [0.2, 0.25) is 0 Å². The summed E-state index contributed by atoms with van der Waals surface area (Å²) in [5.74, 6) is 4.69. The molecule has 686 valence electrons. The van der Waals surface area contributed by atoms with Crippen LogP contribution in [0.2, 0.25) is 0 Å². The van der Waals surface area contributed by atoms with Gasteiger partial charge >= 0.3 is 0 Å². The molecule has 12 nitrogen and oxygen atoms in total. The van der Waals surface area contributed by atoms with E-state index in [0.717, 1.165) is 169 Å². The van der Waals surface area contributed by atoms with Gasteiger partial charge in [-0.1, -0.05) is 285 Å². The zero-order valence-electron chi connectivity index (χ0n) is 79.0. The van der Waals surface area contributed by atoms with Crippen LogP contribution in [0.4, 0.5) is 0 Å². The summed E-state index contributed by atoms with van der Waals surface area (Å²) >= 11 is 0. The molecule has 0 bridgehead atoms. The first-order valence-electron chi connectivity index (χ1n) is 49.5. The maximum atomic E-state index is 6.06. The third-order valence-electron chi connectivity index (χ3n) is 28.9. The maximum Gasteiger partial charge on any atom is 0.138 e. The van der Waals surface area contributed by atoms with E-state index in [-0.39, 0.29) is 0 Å². The molecule has 1 aliphatic carbocycles. The summed E-state index contributed by atoms with van der Waals surface area (Å²) in [5, 5.41) is 17.8. The number of para-hydroxylation sites is 7. The fourth-order valence-corrected chi connectivity index (χ4v) is 21.9. The number of rotatable bonds is 11. The predicted octanol–water partition coefficient (Wildman–Crippen LogP) is 35.8. The van der Waals surface area contributed by atoms with Gasteiger partial charge in [-0.25, -0.2) is 19.9 Å². The van der Waals surface area contributed by atoms with Crippen LogP contribution in [0.5, 0.6) is 0 Å². The largest absolute Gasteiger partial charge is 0.456 e. The number of furan rings is 4. The van der Waals surface area contributed by atoms with Gasteiger partial charge in [-0.3, -0.25) is 18.3 Å². The van der Waals surface area contributed by atoms with Crippen LogP contribution < -0.4 is 0 Å². The van der Waals surface area contributed by atoms with Gasteiger partial charge in [0.15, 0.2) is 0 Å². The molecule has 0 amide bonds. The van der Waals surface area contributed by atoms with Crippen molar-refractivity contribution < 1.29 is 17.7 Å². The Morgan fingerprint density at radius 3 is 0.938 bits per heavy atom. The summed E-state index contributed by atoms with van der Waals surface area (Å²) in [6, 6.07) is 164. The lowest BCUT2D eigenvalue weighted by Gasteiger charge is -2.09. The molecule has 0 saturated heterocycles. The van der Waals surface area contributed by atoms with Crippen molar-refractivity contribution in [3.63, 3.8) is 0 Å². The molecule has 31 rings (SSSR count). The molecule has 0 fully saturated rings. The Bertz CT molecular complexity index is 10100. The second-order valence-electron chi connectivity index (χ2n) is 37.3. The molecule has 0 unspecified atom stereocenters. The Labute approximate surface area is 837 Å². The Morgan fingerprint density at radius 2 is 0.507 bits per heavy atom. The van der Waals surface area contributed by atoms with Crippen molar-refractivity contribution in [3.8, 4) is 101 Å². The van der Waals surface area contributed by atoms with Gasteiger partial charge in [0.1, 0.15) is 68.1 Å². The second-order valence-corrected chi connectivity index (χ2v) is 37.3. The van der Waals surface area contributed by atoms with Gasteiger partial charge in [0.05, 0.1) is 49.8 Å². The first kappa shape index (κ1) is 84.5. The van der Waals surface area contributed by atoms with E-state index in [2.05, 4.69) is 436 Å². The zero-order chi connectivity index (χ0) is 96.2. The van der Waals surface area contributed by atoms with E-state index in [4.69, 9.17) is 32.6 Å². The Hall–Kier alpha value is -19.6. The van der Waals surface area contributed by atoms with Crippen molar-refractivity contribution in [2.24, 2.45) is 0 Å². The molecule has 12 aromatic heterocycles. The van der Waals surface area contributed by atoms with Crippen molar-refractivity contribution in [2.75, 3.05) is 0 Å². The number of fused-ring (bicyclic) bond motifs is 24. The average molecular weight is 1870 g/mol. The highest BCUT2D eigenvalue weighted by Gasteiger charge is 2.24. The van der Waals surface area contributed by atoms with Crippen molar-refractivity contribution in [3.05, 3.63) is 503 Å². The summed E-state index contributed by atoms with van der Waals surface area (Å²) in [4.78, 5) is 19.4. The molecule has 30 aromatic rings. The smallest absolute Gasteiger partial charge is 0.138 e. The molecule has 0 N–H and O–H groups in total. The lowest BCUT2D eigenvalue weighted by Crippen LogP contribution is -1.98. The Morgan fingerprint density at radius 1 is 0.185 bits per heavy atom. The lowest BCUT2D eigenvalue weighted by molar-refractivity contribution is 0.595. The molecule has 1 aliphatic rings. The fraction of sp³-hybridized carbons (Fsp3) is 0.0149. The SMILES string of the molecule is C1=Cc2oc3ccc(-c4ccc5c(c4)c4ccccc4n5-c4ccccn4)cc3c2CC1.c1ccc(-c2ccc(-n3c4ccccc4c4cc(-c5ccc6oc7ccccc7c6c5)ccc43)nc2)cc1.c1ccc(-c2cccc(-n3c4ccccc4c4cc(-c5ccc6oc7ccccc7c6c5)ccc43)n2)cc1.c1ccc(-c2ccnc(-n3c4ccccc4c4cc(-c5ccc6oc7ccccc7c6c5)ccc43)c2)cc1. The molecule has 146 heavy (non-hydrogen) atoms. The third-order valence-corrected chi connectivity index (χ3v) is 28.9. The van der Waals surface area contributed by atoms with Crippen molar-refractivity contribution in [2.45, 2.75) is 12.8 Å². The average Bonchev–Trinajstić information content (AvgIpc) is 1.59. The zero-order valence-corrected chi connectivity index (χ0v) is 79.0. The van der Waals surface area contributed by atoms with Crippen molar-refractivity contribution >= 4 is 170 Å². The van der Waals surface area contributed by atoms with E-state index in [1.807, 2.05) is 85.3 Å². The molecule has 0 saturated carbocycles. The minimum atomic E-state index is 0.912. The second kappa shape index (κ2) is 35.3. The summed E-state index contributed by atoms with van der Waals surface area (Å²) in [6.45, 7) is 0. The minimum Gasteiger partial charge on any atom is -0.456 e. The van der Waals surface area contributed by atoms with Crippen LogP contribution in [0.3, 0.4) is 0 Å². The van der Waals surface area contributed by atoms with E-state index in [0.29, 0.717) is 0 Å². The topological polar surface area (TPSA) is 124 Å². The fourth-order valence-electron chi connectivity index (χ4n) is 21.9. The van der Waals surface area contributed by atoms with E-state index < -0.39 is 0 Å². The maximum absolute atomic E-state index is 6.06. The van der Waals surface area contributed by atoms with Crippen LogP contribution in [0.1, 0.15) is 17.7 Å². The Balaban J connectivity index is 0.0000000945. The van der Waals surface area contributed by atoms with Crippen molar-refractivity contribution in [1.29, 1.82) is 0 Å². The number of aromatic nitrogens is 8. The first-order valence-corrected chi connectivity index (χ1v) is 49.5. The summed E-state index contributed by atoms with van der Waals surface area (Å²) in [6.07, 6.45) is 12.1. The van der Waals surface area contributed by atoms with Gasteiger partial charge in [-0.05, 0) is 268 Å². The molecule has 18 aromatic carbocycles. The first-order chi connectivity index (χ1) is 72.4. The standard InChI is InChI=1S/3C35H22N2O.C29H20N2O/c1-2-9-23(10-3-1)30-13-8-16-35(36-30)37-31-14-6-4-11-26(31)28-21-24(17-19-32(28)37)25-18-20-34-29(22-25)27-12-5-7-15-33(27)38-34;1-2-8-23(9-3-1)26-16-19-35(36-22-26)37-31-12-6-4-10-27(31)29-20-24(14-17-32(29)37)25-15-18-34-30(21-25)28-11-5-7-13-33(28)38-34;1-2-8-23(9-3-1)26-18-19-36-35(22-26)37-31-12-6-4-10-27(31)29-20-24(14-16-32(29)37)25-15-17-34-30(21-25)28-11-5-7-13-33(28)38-34;1-3-9-25-21(7-1)23-17-19(12-14-26(23)31(25)29-11-5-6-16-30-29)20-13-15-28-24(18-20)22-8-2-4-10-27(22)32-28/h3*1-22H;1,3-7,9-18H,2,8H2. The summed E-state index contributed by atoms with van der Waals surface area (Å²) in [5.41, 5.74) is 33.2. The van der Waals surface area contributed by atoms with Crippen molar-refractivity contribution in [1.82, 2.24) is 38.2 Å². The summed E-state index contributed by atoms with van der Waals surface area (Å²) in [7, 11) is 0. The number of benzene rings is 18. The molecular formula is C134H86N8O4. The minimum absolute atomic E-state index is 0.912. The van der Waals surface area contributed by atoms with Gasteiger partial charge < -0.3 is 17.7 Å². The molecule has 0 spiro atoms. The molecule has 0 atom stereocenters. The number of allylic oxidation sites excluding steroid dienone is 1. The van der Waals surface area contributed by atoms with Gasteiger partial charge in [-0.2, -0.15) is 0 Å². The van der Waals surface area contributed by atoms with E-state index >= 15 is 0 Å². The van der Waals surface area contributed by atoms with Crippen LogP contribution in [0.25, 0.3) is 271 Å². The monoisotopic (exact) mass is 1870 g/mol. The van der Waals surface area contributed by atoms with Gasteiger partial charge in [0, 0.05) is 116 Å². The lowest BCUT2D eigenvalue weighted by atomic mass is 9.97. The van der Waals surface area contributed by atoms with Gasteiger partial charge in [-0.15, -0.1) is 0 Å². The Kier molecular flexibility index (Phi) is 20.5. The van der Waals surface area contributed by atoms with Crippen LogP contribution in [-0.2, 0) is 6.42 Å². The van der Waals surface area contributed by atoms with Crippen LogP contribution in [-0.4, -0.2) is 38.2 Å². The number of hydrogen-bond donors (Lipinski definition) is 0. The van der Waals surface area contributed by atoms with E-state index in [1.165, 1.54) is 121 Å². The highest BCUT2D eigenvalue weighted by Crippen LogP contribution is 2.46. The van der Waals surface area contributed by atoms with Crippen LogP contribution >= 0.6 is 0 Å². The third kappa shape index (κ3) is 14.8. The quantitative estimate of drug-likeness (QED) is 0.125. The van der Waals surface area contributed by atoms with E-state index in [1.54, 1.807) is 0 Å². The molecule has 0 aliphatic heterocycles. The number of pyridine rings is 4. The highest BCUT2D eigenvalue weighted by molar-refractivity contribution is 6.17. The van der Waals surface area contributed by atoms with E-state index in [9.17, 15) is 0 Å². The molecule has 0 radical (unpaired) electrons. The predicted molar refractivity (Wildman–Crippen MR) is 601 cm³/mol. The normalized spacial score (nSPS) is 12.0. The number of nitrogens with zero attached hydrogens (tertiary/aromatic N) is 8. The number of aryl methyl sites for hydroxylation is 1. The van der Waals surface area contributed by atoms with Crippen LogP contribution in [0, 0.1) is 0 Å². The van der Waals surface area contributed by atoms with Gasteiger partial charge in [0.25, 0.3) is 0 Å². The molecular weight excluding hydrogens is 1790 g/mol. The summed E-state index contributed by atoms with van der Waals surface area (Å²) < 4.78 is 33.3. The van der Waals surface area contributed by atoms with Crippen LogP contribution in [0.15, 0.2) is 509 Å². The highest BCUT2D eigenvalue weighted by atomic mass is 16.3. The molecule has 12 heterocycles. The molecule has 12 heteroatoms. The number of hydrogen-bond acceptors (Lipinski definition) is 8.